The van der Waals surface area contributed by atoms with Crippen molar-refractivity contribution in [2.45, 2.75) is 44.8 Å². The molecule has 0 radical (unpaired) electrons. The fourth-order valence-corrected chi connectivity index (χ4v) is 2.95. The van der Waals surface area contributed by atoms with Crippen LogP contribution >= 0.6 is 0 Å². The summed E-state index contributed by atoms with van der Waals surface area (Å²) in [5.74, 6) is -2.38. The Morgan fingerprint density at radius 2 is 2.00 bits per heavy atom. The molecule has 2 atom stereocenters. The fourth-order valence-electron chi connectivity index (χ4n) is 2.95. The van der Waals surface area contributed by atoms with E-state index in [1.807, 2.05) is 0 Å². The highest BCUT2D eigenvalue weighted by Crippen LogP contribution is 2.31. The Bertz CT molecular complexity index is 458. The molecular weight excluding hydrogens is 264 g/mol. The van der Waals surface area contributed by atoms with E-state index in [1.165, 1.54) is 0 Å². The summed E-state index contributed by atoms with van der Waals surface area (Å²) in [7, 11) is 0. The number of halogens is 2. The Balaban J connectivity index is 1.89. The van der Waals surface area contributed by atoms with Crippen molar-refractivity contribution in [3.05, 3.63) is 29.3 Å². The van der Waals surface area contributed by atoms with Crippen LogP contribution in [0.3, 0.4) is 0 Å². The molecule has 112 valence electrons. The molecule has 3 nitrogen and oxygen atoms in total. The highest BCUT2D eigenvalue weighted by Gasteiger charge is 2.31. The molecule has 0 spiro atoms. The first-order chi connectivity index (χ1) is 9.39. The van der Waals surface area contributed by atoms with Crippen LogP contribution in [-0.4, -0.2) is 22.4 Å². The lowest BCUT2D eigenvalue weighted by atomic mass is 9.79. The molecule has 0 aliphatic heterocycles. The van der Waals surface area contributed by atoms with Crippen LogP contribution in [0.1, 0.15) is 38.2 Å². The van der Waals surface area contributed by atoms with Gasteiger partial charge in [-0.05, 0) is 36.5 Å². The van der Waals surface area contributed by atoms with Crippen LogP contribution in [0.25, 0.3) is 0 Å². The Labute approximate surface area is 117 Å². The first-order valence-electron chi connectivity index (χ1n) is 7.00. The van der Waals surface area contributed by atoms with E-state index in [0.717, 1.165) is 37.8 Å². The molecule has 1 aromatic carbocycles. The van der Waals surface area contributed by atoms with Gasteiger partial charge in [-0.2, -0.15) is 0 Å². The van der Waals surface area contributed by atoms with Gasteiger partial charge in [-0.15, -0.1) is 0 Å². The fraction of sp³-hybridized carbons (Fsp3) is 0.600. The smallest absolute Gasteiger partial charge is 0.187 e. The van der Waals surface area contributed by atoms with E-state index >= 15 is 0 Å². The highest BCUT2D eigenvalue weighted by atomic mass is 19.1. The van der Waals surface area contributed by atoms with Gasteiger partial charge in [0.05, 0.1) is 5.60 Å². The normalized spacial score (nSPS) is 26.7. The number of nitrogens with one attached hydrogen (secondary N) is 1. The van der Waals surface area contributed by atoms with Gasteiger partial charge >= 0.3 is 0 Å². The van der Waals surface area contributed by atoms with Crippen molar-refractivity contribution in [1.82, 2.24) is 5.32 Å². The second-order valence-corrected chi connectivity index (χ2v) is 5.94. The average molecular weight is 285 g/mol. The molecular formula is C15H21F2NO2. The maximum atomic E-state index is 13.2. The first kappa shape index (κ1) is 15.2. The molecule has 20 heavy (non-hydrogen) atoms. The van der Waals surface area contributed by atoms with Crippen LogP contribution in [0, 0.1) is 17.6 Å². The number of phenolic OH excluding ortho intramolecular Hbond substituents is 1. The van der Waals surface area contributed by atoms with Crippen LogP contribution in [-0.2, 0) is 6.54 Å². The molecule has 0 saturated heterocycles. The molecule has 0 aromatic heterocycles. The average Bonchev–Trinajstić information content (AvgIpc) is 2.35. The van der Waals surface area contributed by atoms with Gasteiger partial charge in [0.15, 0.2) is 17.4 Å². The Kier molecular flexibility index (Phi) is 4.60. The maximum Gasteiger partial charge on any atom is 0.187 e. The summed E-state index contributed by atoms with van der Waals surface area (Å²) < 4.78 is 26.4. The number of phenols is 1. The van der Waals surface area contributed by atoms with Crippen molar-refractivity contribution >= 4 is 0 Å². The molecule has 0 heterocycles. The minimum absolute atomic E-state index is 0.255. The molecule has 0 amide bonds. The van der Waals surface area contributed by atoms with E-state index in [1.54, 1.807) is 0 Å². The van der Waals surface area contributed by atoms with E-state index in [4.69, 9.17) is 5.11 Å². The third-order valence-corrected chi connectivity index (χ3v) is 3.93. The molecule has 5 heteroatoms. The van der Waals surface area contributed by atoms with Crippen LogP contribution in [0.15, 0.2) is 12.1 Å². The van der Waals surface area contributed by atoms with Crippen molar-refractivity contribution in [1.29, 1.82) is 0 Å². The Morgan fingerprint density at radius 3 is 2.60 bits per heavy atom. The number of rotatable bonds is 4. The van der Waals surface area contributed by atoms with Crippen LogP contribution in [0.5, 0.6) is 5.75 Å². The maximum absolute atomic E-state index is 13.2. The van der Waals surface area contributed by atoms with E-state index in [2.05, 4.69) is 12.2 Å². The number of hydrogen-bond donors (Lipinski definition) is 3. The van der Waals surface area contributed by atoms with Crippen molar-refractivity contribution in [2.24, 2.45) is 5.92 Å². The van der Waals surface area contributed by atoms with Crippen LogP contribution in [0.4, 0.5) is 8.78 Å². The standard InChI is InChI=1S/C15H21F2NO2/c1-10-3-2-4-15(20,7-10)9-18-8-11-5-12(16)14(19)13(17)6-11/h5-6,10,18-20H,2-4,7-9H2,1H3. The van der Waals surface area contributed by atoms with E-state index in [-0.39, 0.29) is 6.54 Å². The summed E-state index contributed by atoms with van der Waals surface area (Å²) in [4.78, 5) is 0. The zero-order chi connectivity index (χ0) is 14.8. The Hall–Kier alpha value is -1.20. The number of benzene rings is 1. The third kappa shape index (κ3) is 3.67. The zero-order valence-electron chi connectivity index (χ0n) is 11.6. The summed E-state index contributed by atoms with van der Waals surface area (Å²) in [6.45, 7) is 2.78. The van der Waals surface area contributed by atoms with E-state index in [0.29, 0.717) is 18.0 Å². The number of aromatic hydroxyl groups is 1. The van der Waals surface area contributed by atoms with Gasteiger partial charge in [-0.25, -0.2) is 8.78 Å². The molecule has 1 fully saturated rings. The van der Waals surface area contributed by atoms with Gasteiger partial charge in [0.1, 0.15) is 0 Å². The zero-order valence-corrected chi connectivity index (χ0v) is 11.6. The lowest BCUT2D eigenvalue weighted by molar-refractivity contribution is -0.0119. The molecule has 2 rings (SSSR count). The second-order valence-electron chi connectivity index (χ2n) is 5.94. The third-order valence-electron chi connectivity index (χ3n) is 3.93. The van der Waals surface area contributed by atoms with Gasteiger partial charge < -0.3 is 15.5 Å². The van der Waals surface area contributed by atoms with Gasteiger partial charge in [-0.3, -0.25) is 0 Å². The predicted octanol–water partition coefficient (Wildman–Crippen LogP) is 2.70. The minimum atomic E-state index is -0.966. The van der Waals surface area contributed by atoms with Crippen LogP contribution in [0.2, 0.25) is 0 Å². The van der Waals surface area contributed by atoms with Gasteiger partial charge in [0.25, 0.3) is 0 Å². The summed E-state index contributed by atoms with van der Waals surface area (Å²) in [6.07, 6.45) is 3.64. The number of aliphatic hydroxyl groups is 1. The predicted molar refractivity (Wildman–Crippen MR) is 72.3 cm³/mol. The van der Waals surface area contributed by atoms with Crippen molar-refractivity contribution < 1.29 is 19.0 Å². The van der Waals surface area contributed by atoms with Crippen LogP contribution < -0.4 is 5.32 Å². The van der Waals surface area contributed by atoms with Gasteiger partial charge in [0.2, 0.25) is 0 Å². The monoisotopic (exact) mass is 285 g/mol. The summed E-state index contributed by atoms with van der Waals surface area (Å²) >= 11 is 0. The first-order valence-corrected chi connectivity index (χ1v) is 7.00. The second kappa shape index (κ2) is 6.06. The van der Waals surface area contributed by atoms with Gasteiger partial charge in [0, 0.05) is 13.1 Å². The highest BCUT2D eigenvalue weighted by molar-refractivity contribution is 5.29. The molecule has 1 saturated carbocycles. The molecule has 1 aromatic rings. The summed E-state index contributed by atoms with van der Waals surface area (Å²) in [5, 5.41) is 22.5. The summed E-state index contributed by atoms with van der Waals surface area (Å²) in [6, 6.07) is 2.19. The minimum Gasteiger partial charge on any atom is -0.503 e. The van der Waals surface area contributed by atoms with Crippen molar-refractivity contribution in [3.63, 3.8) is 0 Å². The molecule has 2 unspecified atom stereocenters. The van der Waals surface area contributed by atoms with E-state index < -0.39 is 23.0 Å². The largest absolute Gasteiger partial charge is 0.503 e. The molecule has 0 bridgehead atoms. The molecule has 3 N–H and O–H groups in total. The van der Waals surface area contributed by atoms with Crippen molar-refractivity contribution in [3.8, 4) is 5.75 Å². The molecule has 1 aliphatic carbocycles. The Morgan fingerprint density at radius 1 is 1.35 bits per heavy atom. The molecule has 1 aliphatic rings. The SMILES string of the molecule is CC1CCCC(O)(CNCc2cc(F)c(O)c(F)c2)C1. The van der Waals surface area contributed by atoms with Gasteiger partial charge in [-0.1, -0.05) is 19.8 Å². The number of hydrogen-bond acceptors (Lipinski definition) is 3. The van der Waals surface area contributed by atoms with Crippen molar-refractivity contribution in [2.75, 3.05) is 6.54 Å². The summed E-state index contributed by atoms with van der Waals surface area (Å²) in [5.41, 5.74) is -0.323. The topological polar surface area (TPSA) is 52.5 Å². The lowest BCUT2D eigenvalue weighted by Crippen LogP contribution is -2.43. The lowest BCUT2D eigenvalue weighted by Gasteiger charge is -2.35. The quantitative estimate of drug-likeness (QED) is 0.797. The van der Waals surface area contributed by atoms with E-state index in [9.17, 15) is 13.9 Å².